The summed E-state index contributed by atoms with van der Waals surface area (Å²) in [6.07, 6.45) is 4.29. The van der Waals surface area contributed by atoms with Gasteiger partial charge in [0.05, 0.1) is 22.2 Å². The summed E-state index contributed by atoms with van der Waals surface area (Å²) in [7, 11) is 0. The zero-order valence-corrected chi connectivity index (χ0v) is 17.0. The van der Waals surface area contributed by atoms with E-state index in [1.54, 1.807) is 6.08 Å². The number of hydrogen-bond acceptors (Lipinski definition) is 5. The van der Waals surface area contributed by atoms with E-state index in [1.807, 2.05) is 0 Å². The Kier molecular flexibility index (Phi) is 5.31. The van der Waals surface area contributed by atoms with E-state index in [-0.39, 0.29) is 34.6 Å². The van der Waals surface area contributed by atoms with Gasteiger partial charge < -0.3 is 0 Å². The normalized spacial score (nSPS) is 20.9. The lowest BCUT2D eigenvalue weighted by atomic mass is 9.93. The predicted molar refractivity (Wildman–Crippen MR) is 111 cm³/mol. The van der Waals surface area contributed by atoms with Gasteiger partial charge in [-0.05, 0) is 37.8 Å². The Balaban J connectivity index is 1.73. The van der Waals surface area contributed by atoms with E-state index < -0.39 is 17.6 Å². The van der Waals surface area contributed by atoms with Gasteiger partial charge >= 0.3 is 0 Å². The molecule has 0 spiro atoms. The van der Waals surface area contributed by atoms with Gasteiger partial charge in [0, 0.05) is 17.7 Å². The Hall–Kier alpha value is -2.45. The number of aliphatic imine (C=N–C) groups is 1. The Bertz CT molecular complexity index is 992. The average Bonchev–Trinajstić information content (AvgIpc) is 3.16. The Labute approximate surface area is 176 Å². The van der Waals surface area contributed by atoms with Crippen molar-refractivity contribution in [2.75, 3.05) is 17.2 Å². The van der Waals surface area contributed by atoms with Crippen molar-refractivity contribution < 1.29 is 18.8 Å². The maximum atomic E-state index is 14.7. The fourth-order valence-corrected chi connectivity index (χ4v) is 4.73. The molecule has 0 bridgehead atoms. The molecule has 0 N–H and O–H groups in total. The van der Waals surface area contributed by atoms with E-state index in [0.717, 1.165) is 23.8 Å². The lowest BCUT2D eigenvalue weighted by Crippen LogP contribution is -2.32. The monoisotopic (exact) mass is 433 g/mol. The molecule has 6 nitrogen and oxygen atoms in total. The van der Waals surface area contributed by atoms with Crippen molar-refractivity contribution >= 4 is 57.6 Å². The van der Waals surface area contributed by atoms with Gasteiger partial charge in [0.25, 0.3) is 11.8 Å². The third kappa shape index (κ3) is 3.40. The number of hydrogen-bond donors (Lipinski definition) is 0. The van der Waals surface area contributed by atoms with E-state index in [1.165, 1.54) is 22.7 Å². The second-order valence-electron chi connectivity index (χ2n) is 6.84. The van der Waals surface area contributed by atoms with Gasteiger partial charge in [-0.15, -0.1) is 6.58 Å². The van der Waals surface area contributed by atoms with Crippen molar-refractivity contribution in [1.29, 1.82) is 0 Å². The quantitative estimate of drug-likeness (QED) is 0.532. The Morgan fingerprint density at radius 3 is 2.45 bits per heavy atom. The van der Waals surface area contributed by atoms with Crippen LogP contribution in [0.2, 0.25) is 5.02 Å². The number of amides is 3. The average molecular weight is 434 g/mol. The zero-order valence-electron chi connectivity index (χ0n) is 15.4. The van der Waals surface area contributed by atoms with Gasteiger partial charge in [-0.2, -0.15) is 0 Å². The largest absolute Gasteiger partial charge is 0.287 e. The minimum Gasteiger partial charge on any atom is -0.287 e. The molecule has 3 amide bonds. The molecule has 0 radical (unpaired) electrons. The standard InChI is InChI=1S/C20H17ClFN3O3S/c1-2-7-24-17(26)10-29-20(24)23-15-9-16(14(22)8-13(15)21)25-18(27)11-5-3-4-6-12(11)19(25)28/h2,8-9H,1,3-7,10H2. The van der Waals surface area contributed by atoms with Gasteiger partial charge in [0.1, 0.15) is 5.82 Å². The van der Waals surface area contributed by atoms with Gasteiger partial charge in [0.2, 0.25) is 5.91 Å². The number of nitrogens with zero attached hydrogens (tertiary/aromatic N) is 3. The summed E-state index contributed by atoms with van der Waals surface area (Å²) in [6, 6.07) is 2.32. The minimum absolute atomic E-state index is 0.0223. The zero-order chi connectivity index (χ0) is 20.7. The molecule has 3 aliphatic rings. The fraction of sp³-hybridized carbons (Fsp3) is 0.300. The number of thioether (sulfide) groups is 1. The number of carbonyl (C=O) groups excluding carboxylic acids is 3. The maximum Gasteiger partial charge on any atom is 0.261 e. The van der Waals surface area contributed by atoms with E-state index in [4.69, 9.17) is 11.6 Å². The molecule has 0 saturated carbocycles. The molecule has 1 aromatic carbocycles. The second-order valence-corrected chi connectivity index (χ2v) is 8.19. The van der Waals surface area contributed by atoms with Crippen LogP contribution < -0.4 is 4.90 Å². The Morgan fingerprint density at radius 1 is 1.17 bits per heavy atom. The molecule has 150 valence electrons. The molecule has 4 rings (SSSR count). The first-order valence-electron chi connectivity index (χ1n) is 9.15. The van der Waals surface area contributed by atoms with Crippen LogP contribution in [0, 0.1) is 5.82 Å². The summed E-state index contributed by atoms with van der Waals surface area (Å²) in [4.78, 5) is 44.2. The Morgan fingerprint density at radius 2 is 1.83 bits per heavy atom. The van der Waals surface area contributed by atoms with Crippen LogP contribution in [0.3, 0.4) is 0 Å². The number of amidine groups is 1. The van der Waals surface area contributed by atoms with Crippen molar-refractivity contribution in [3.63, 3.8) is 0 Å². The summed E-state index contributed by atoms with van der Waals surface area (Å²) in [5.74, 6) is -1.63. The van der Waals surface area contributed by atoms with Gasteiger partial charge in [-0.25, -0.2) is 14.3 Å². The van der Waals surface area contributed by atoms with Crippen molar-refractivity contribution in [3.05, 3.63) is 46.8 Å². The number of imide groups is 1. The molecule has 29 heavy (non-hydrogen) atoms. The highest BCUT2D eigenvalue weighted by Gasteiger charge is 2.41. The van der Waals surface area contributed by atoms with Crippen LogP contribution in [0.25, 0.3) is 0 Å². The molecule has 1 aromatic rings. The van der Waals surface area contributed by atoms with Crippen LogP contribution in [-0.2, 0) is 14.4 Å². The third-order valence-electron chi connectivity index (χ3n) is 5.03. The number of anilines is 1. The van der Waals surface area contributed by atoms with E-state index in [9.17, 15) is 18.8 Å². The first kappa shape index (κ1) is 19.8. The third-order valence-corrected chi connectivity index (χ3v) is 6.30. The topological polar surface area (TPSA) is 70.1 Å². The molecular weight excluding hydrogens is 417 g/mol. The lowest BCUT2D eigenvalue weighted by Gasteiger charge is -2.18. The number of benzene rings is 1. The molecular formula is C20H17ClFN3O3S. The molecule has 1 aliphatic carbocycles. The number of halogens is 2. The molecule has 2 aliphatic heterocycles. The predicted octanol–water partition coefficient (Wildman–Crippen LogP) is 3.97. The molecule has 0 atom stereocenters. The van der Waals surface area contributed by atoms with E-state index >= 15 is 0 Å². The molecule has 0 aromatic heterocycles. The summed E-state index contributed by atoms with van der Waals surface area (Å²) in [5, 5.41) is 0.430. The van der Waals surface area contributed by atoms with Crippen molar-refractivity contribution in [2.45, 2.75) is 25.7 Å². The van der Waals surface area contributed by atoms with Crippen molar-refractivity contribution in [2.24, 2.45) is 4.99 Å². The summed E-state index contributed by atoms with van der Waals surface area (Å²) >= 11 is 7.40. The summed E-state index contributed by atoms with van der Waals surface area (Å²) in [5.41, 5.74) is 0.942. The highest BCUT2D eigenvalue weighted by Crippen LogP contribution is 2.40. The van der Waals surface area contributed by atoms with Crippen LogP contribution in [0.5, 0.6) is 0 Å². The molecule has 0 unspecified atom stereocenters. The highest BCUT2D eigenvalue weighted by molar-refractivity contribution is 8.15. The smallest absolute Gasteiger partial charge is 0.261 e. The van der Waals surface area contributed by atoms with Crippen LogP contribution in [-0.4, -0.2) is 40.1 Å². The van der Waals surface area contributed by atoms with Gasteiger partial charge in [-0.1, -0.05) is 29.4 Å². The van der Waals surface area contributed by atoms with Crippen LogP contribution in [0.1, 0.15) is 25.7 Å². The van der Waals surface area contributed by atoms with Crippen molar-refractivity contribution in [3.8, 4) is 0 Å². The maximum absolute atomic E-state index is 14.7. The first-order chi connectivity index (χ1) is 13.9. The molecule has 1 saturated heterocycles. The van der Waals surface area contributed by atoms with Crippen LogP contribution >= 0.6 is 23.4 Å². The molecule has 9 heteroatoms. The van der Waals surface area contributed by atoms with Crippen LogP contribution in [0.4, 0.5) is 15.8 Å². The highest BCUT2D eigenvalue weighted by atomic mass is 35.5. The van der Waals surface area contributed by atoms with Gasteiger partial charge in [-0.3, -0.25) is 19.3 Å². The second kappa shape index (κ2) is 7.76. The number of carbonyl (C=O) groups is 3. The number of rotatable bonds is 4. The molecule has 1 fully saturated rings. The SMILES string of the molecule is C=CCN1C(=O)CSC1=Nc1cc(N2C(=O)C3=C(CCCC3)C2=O)c(F)cc1Cl. The summed E-state index contributed by atoms with van der Waals surface area (Å²) in [6.45, 7) is 3.92. The summed E-state index contributed by atoms with van der Waals surface area (Å²) < 4.78 is 14.7. The van der Waals surface area contributed by atoms with Crippen molar-refractivity contribution in [1.82, 2.24) is 4.90 Å². The van der Waals surface area contributed by atoms with Crippen LogP contribution in [0.15, 0.2) is 40.9 Å². The first-order valence-corrected chi connectivity index (χ1v) is 10.5. The van der Waals surface area contributed by atoms with E-state index in [2.05, 4.69) is 11.6 Å². The molecule has 2 heterocycles. The minimum atomic E-state index is -0.779. The van der Waals surface area contributed by atoms with Gasteiger partial charge in [0.15, 0.2) is 5.17 Å². The fourth-order valence-electron chi connectivity index (χ4n) is 3.64. The van der Waals surface area contributed by atoms with E-state index in [0.29, 0.717) is 29.2 Å². The lowest BCUT2D eigenvalue weighted by molar-refractivity contribution is -0.124.